The van der Waals surface area contributed by atoms with E-state index in [0.29, 0.717) is 23.4 Å². The summed E-state index contributed by atoms with van der Waals surface area (Å²) in [6.45, 7) is 0.513. The van der Waals surface area contributed by atoms with Crippen LogP contribution in [0.25, 0.3) is 11.3 Å². The standard InChI is InChI=1S/C30H23F2N5O3/c31-20-11-5-4-9-18(20)25-22(29-37(36-25)16-15-30(40-29)13-14-30)27(38)35-26-28(39)34-24-19(10-6-12-21(24)32)23(33-26)17-7-2-1-3-8-17/h1-12,26H,13-16H2,(H,34,39)(H,35,38)/t26-/m1/s1. The number of aromatic nitrogens is 2. The molecule has 0 saturated heterocycles. The number of hydrogen-bond donors (Lipinski definition) is 2. The fourth-order valence-corrected chi connectivity index (χ4v) is 5.22. The first-order valence-corrected chi connectivity index (χ1v) is 13.0. The lowest BCUT2D eigenvalue weighted by molar-refractivity contribution is -0.117. The summed E-state index contributed by atoms with van der Waals surface area (Å²) >= 11 is 0. The summed E-state index contributed by atoms with van der Waals surface area (Å²) in [6.07, 6.45) is 1.03. The van der Waals surface area contributed by atoms with Crippen molar-refractivity contribution in [1.82, 2.24) is 15.1 Å². The second kappa shape index (κ2) is 9.11. The number of rotatable bonds is 4. The minimum Gasteiger partial charge on any atom is -0.471 e. The van der Waals surface area contributed by atoms with Crippen molar-refractivity contribution in [3.8, 4) is 17.1 Å². The molecule has 1 atom stereocenters. The van der Waals surface area contributed by atoms with Gasteiger partial charge in [0.1, 0.15) is 28.5 Å². The van der Waals surface area contributed by atoms with Gasteiger partial charge in [-0.05, 0) is 31.0 Å². The molecule has 1 spiro atoms. The third-order valence-electron chi connectivity index (χ3n) is 7.50. The third-order valence-corrected chi connectivity index (χ3v) is 7.50. The summed E-state index contributed by atoms with van der Waals surface area (Å²) in [5.41, 5.74) is 1.24. The molecular formula is C30H23F2N5O3. The minimum absolute atomic E-state index is 0.0216. The Morgan fingerprint density at radius 3 is 2.45 bits per heavy atom. The highest BCUT2D eigenvalue weighted by Crippen LogP contribution is 2.48. The predicted octanol–water partition coefficient (Wildman–Crippen LogP) is 4.69. The molecule has 3 aromatic carbocycles. The van der Waals surface area contributed by atoms with Gasteiger partial charge in [-0.1, -0.05) is 54.6 Å². The number of benzene rings is 3. The van der Waals surface area contributed by atoms with Crippen LogP contribution in [0, 0.1) is 11.6 Å². The topological polar surface area (TPSA) is 97.6 Å². The van der Waals surface area contributed by atoms with Crippen LogP contribution < -0.4 is 15.4 Å². The smallest absolute Gasteiger partial charge is 0.269 e. The maximum Gasteiger partial charge on any atom is 0.269 e. The molecule has 10 heteroatoms. The number of ether oxygens (including phenoxy) is 1. The molecule has 8 nitrogen and oxygen atoms in total. The second-order valence-electron chi connectivity index (χ2n) is 10.1. The van der Waals surface area contributed by atoms with Gasteiger partial charge in [-0.3, -0.25) is 9.59 Å². The number of nitrogens with zero attached hydrogens (tertiary/aromatic N) is 3. The number of carbonyl (C=O) groups excluding carboxylic acids is 2. The molecule has 3 heterocycles. The summed E-state index contributed by atoms with van der Waals surface area (Å²) in [5, 5.41) is 9.79. The highest BCUT2D eigenvalue weighted by atomic mass is 19.1. The normalized spacial score (nSPS) is 18.5. The van der Waals surface area contributed by atoms with Crippen molar-refractivity contribution in [3.63, 3.8) is 0 Å². The Kier molecular flexibility index (Phi) is 5.51. The summed E-state index contributed by atoms with van der Waals surface area (Å²) < 4.78 is 37.6. The van der Waals surface area contributed by atoms with Gasteiger partial charge in [0.05, 0.1) is 11.4 Å². The Labute approximate surface area is 227 Å². The van der Waals surface area contributed by atoms with Crippen molar-refractivity contribution in [2.24, 2.45) is 4.99 Å². The van der Waals surface area contributed by atoms with Gasteiger partial charge in [0, 0.05) is 29.7 Å². The summed E-state index contributed by atoms with van der Waals surface area (Å²) in [5.74, 6) is -2.37. The van der Waals surface area contributed by atoms with E-state index < -0.39 is 29.6 Å². The number of aliphatic imine (C=N–C) groups is 1. The number of fused-ring (bicyclic) bond motifs is 2. The van der Waals surface area contributed by atoms with E-state index in [1.54, 1.807) is 47.1 Å². The Morgan fingerprint density at radius 1 is 0.950 bits per heavy atom. The zero-order valence-electron chi connectivity index (χ0n) is 21.2. The number of carbonyl (C=O) groups is 2. The zero-order valence-corrected chi connectivity index (χ0v) is 21.2. The van der Waals surface area contributed by atoms with Gasteiger partial charge >= 0.3 is 0 Å². The fourth-order valence-electron chi connectivity index (χ4n) is 5.22. The van der Waals surface area contributed by atoms with Gasteiger partial charge in [0.15, 0.2) is 0 Å². The molecule has 0 radical (unpaired) electrons. The van der Waals surface area contributed by atoms with Crippen molar-refractivity contribution in [3.05, 3.63) is 101 Å². The number of aryl methyl sites for hydroxylation is 1. The first-order chi connectivity index (χ1) is 19.4. The van der Waals surface area contributed by atoms with Crippen molar-refractivity contribution < 1.29 is 23.1 Å². The van der Waals surface area contributed by atoms with E-state index in [1.807, 2.05) is 6.07 Å². The summed E-state index contributed by atoms with van der Waals surface area (Å²) in [4.78, 5) is 31.8. The molecule has 40 heavy (non-hydrogen) atoms. The largest absolute Gasteiger partial charge is 0.471 e. The SMILES string of the molecule is O=C(N[C@H]1N=C(c2ccccc2)c2cccc(F)c2NC1=O)c1c(-c2ccccc2F)nn2c1OC1(CC2)CC1. The van der Waals surface area contributed by atoms with Crippen LogP contribution in [-0.4, -0.2) is 39.1 Å². The molecule has 2 N–H and O–H groups in total. The Bertz CT molecular complexity index is 1710. The van der Waals surface area contributed by atoms with Crippen LogP contribution in [0.15, 0.2) is 77.8 Å². The van der Waals surface area contributed by atoms with Crippen molar-refractivity contribution >= 4 is 23.2 Å². The molecular weight excluding hydrogens is 516 g/mol. The predicted molar refractivity (Wildman–Crippen MR) is 143 cm³/mol. The number of benzodiazepines with no additional fused rings is 1. The van der Waals surface area contributed by atoms with E-state index in [-0.39, 0.29) is 34.0 Å². The molecule has 2 aliphatic heterocycles. The Balaban J connectivity index is 1.32. The molecule has 0 bridgehead atoms. The average molecular weight is 540 g/mol. The van der Waals surface area contributed by atoms with Gasteiger partial charge in [-0.2, -0.15) is 5.10 Å². The van der Waals surface area contributed by atoms with Crippen LogP contribution in [0.1, 0.15) is 40.7 Å². The number of amides is 2. The number of para-hydroxylation sites is 1. The molecule has 1 aromatic heterocycles. The van der Waals surface area contributed by atoms with Gasteiger partial charge in [-0.15, -0.1) is 0 Å². The van der Waals surface area contributed by atoms with Gasteiger partial charge < -0.3 is 15.4 Å². The van der Waals surface area contributed by atoms with Crippen LogP contribution in [0.5, 0.6) is 5.88 Å². The quantitative estimate of drug-likeness (QED) is 0.393. The van der Waals surface area contributed by atoms with E-state index in [1.165, 1.54) is 24.3 Å². The lowest BCUT2D eigenvalue weighted by Gasteiger charge is -2.25. The Hall–Kier alpha value is -4.86. The van der Waals surface area contributed by atoms with E-state index >= 15 is 0 Å². The van der Waals surface area contributed by atoms with E-state index in [2.05, 4.69) is 20.7 Å². The minimum atomic E-state index is -1.42. The maximum absolute atomic E-state index is 14.9. The molecule has 0 unspecified atom stereocenters. The van der Waals surface area contributed by atoms with Gasteiger partial charge in [-0.25, -0.2) is 18.5 Å². The van der Waals surface area contributed by atoms with Crippen molar-refractivity contribution in [1.29, 1.82) is 0 Å². The lowest BCUT2D eigenvalue weighted by atomic mass is 10.0. The van der Waals surface area contributed by atoms with Crippen LogP contribution in [-0.2, 0) is 11.3 Å². The summed E-state index contributed by atoms with van der Waals surface area (Å²) in [6, 6.07) is 19.5. The molecule has 1 saturated carbocycles. The molecule has 1 fully saturated rings. The lowest BCUT2D eigenvalue weighted by Crippen LogP contribution is -2.42. The molecule has 200 valence electrons. The number of anilines is 1. The van der Waals surface area contributed by atoms with Crippen LogP contribution >= 0.6 is 0 Å². The maximum atomic E-state index is 14.9. The first-order valence-electron chi connectivity index (χ1n) is 13.0. The number of nitrogens with one attached hydrogen (secondary N) is 2. The monoisotopic (exact) mass is 539 g/mol. The first kappa shape index (κ1) is 24.2. The van der Waals surface area contributed by atoms with Gasteiger partial charge in [0.25, 0.3) is 11.8 Å². The Morgan fingerprint density at radius 2 is 1.68 bits per heavy atom. The highest BCUT2D eigenvalue weighted by molar-refractivity contribution is 6.20. The highest BCUT2D eigenvalue weighted by Gasteiger charge is 2.50. The number of hydrogen-bond acceptors (Lipinski definition) is 5. The van der Waals surface area contributed by atoms with E-state index in [9.17, 15) is 18.4 Å². The fraction of sp³-hybridized carbons (Fsp3) is 0.200. The average Bonchev–Trinajstić information content (AvgIpc) is 3.63. The molecule has 4 aromatic rings. The van der Waals surface area contributed by atoms with Crippen LogP contribution in [0.4, 0.5) is 14.5 Å². The van der Waals surface area contributed by atoms with E-state index in [4.69, 9.17) is 4.74 Å². The van der Waals surface area contributed by atoms with Crippen LogP contribution in [0.2, 0.25) is 0 Å². The summed E-state index contributed by atoms with van der Waals surface area (Å²) in [7, 11) is 0. The second-order valence-corrected chi connectivity index (χ2v) is 10.1. The van der Waals surface area contributed by atoms with E-state index in [0.717, 1.165) is 19.3 Å². The van der Waals surface area contributed by atoms with Crippen molar-refractivity contribution in [2.45, 2.75) is 37.6 Å². The molecule has 7 rings (SSSR count). The molecule has 3 aliphatic rings. The van der Waals surface area contributed by atoms with Crippen LogP contribution in [0.3, 0.4) is 0 Å². The number of halogens is 2. The third kappa shape index (κ3) is 4.03. The molecule has 2 amide bonds. The van der Waals surface area contributed by atoms with Gasteiger partial charge in [0.2, 0.25) is 12.0 Å². The zero-order chi connectivity index (χ0) is 27.4. The molecule has 1 aliphatic carbocycles. The van der Waals surface area contributed by atoms with Crippen molar-refractivity contribution in [2.75, 3.05) is 5.32 Å².